The summed E-state index contributed by atoms with van der Waals surface area (Å²) in [7, 11) is 0. The van der Waals surface area contributed by atoms with E-state index in [1.54, 1.807) is 0 Å². The Morgan fingerprint density at radius 2 is 1.62 bits per heavy atom. The molecule has 1 aromatic heterocycles. The number of rotatable bonds is 4. The Balaban J connectivity index is 1.75. The fourth-order valence-corrected chi connectivity index (χ4v) is 3.44. The Kier molecular flexibility index (Phi) is 5.67. The molecule has 0 bridgehead atoms. The zero-order valence-corrected chi connectivity index (χ0v) is 16.3. The van der Waals surface area contributed by atoms with Crippen molar-refractivity contribution >= 4 is 11.0 Å². The zero-order valence-electron chi connectivity index (χ0n) is 16.3. The average molecular weight is 448 g/mol. The first-order valence-corrected chi connectivity index (χ1v) is 9.50. The second kappa shape index (κ2) is 8.30. The summed E-state index contributed by atoms with van der Waals surface area (Å²) in [5, 5.41) is 68.9. The molecule has 11 nitrogen and oxygen atoms in total. The van der Waals surface area contributed by atoms with Crippen LogP contribution in [0.4, 0.5) is 0 Å². The maximum Gasteiger partial charge on any atom is 0.238 e. The van der Waals surface area contributed by atoms with Crippen molar-refractivity contribution in [1.82, 2.24) is 0 Å². The molecular formula is C21H20O11. The van der Waals surface area contributed by atoms with Gasteiger partial charge in [0.1, 0.15) is 52.6 Å². The van der Waals surface area contributed by atoms with Gasteiger partial charge in [0.2, 0.25) is 17.5 Å². The van der Waals surface area contributed by atoms with E-state index in [0.717, 1.165) is 6.07 Å². The third kappa shape index (κ3) is 3.72. The van der Waals surface area contributed by atoms with Gasteiger partial charge in [-0.2, -0.15) is 0 Å². The normalized spacial score (nSPS) is 25.7. The van der Waals surface area contributed by atoms with Crippen LogP contribution in [0.5, 0.6) is 23.0 Å². The van der Waals surface area contributed by atoms with Gasteiger partial charge in [-0.05, 0) is 24.3 Å². The molecule has 2 aromatic carbocycles. The number of ether oxygens (including phenoxy) is 2. The number of aromatic hydroxyl groups is 3. The standard InChI is InChI=1S/C21H20O11/c22-7-13-15(25)17(27)19(29)21(32-13)30-10-5-11(24)14-12(6-10)31-20(18(28)16(14)26)8-1-3-9(23)4-2-8/h1-6,13,15,17,19,21-25,27-29H,7H2/t13-,15-,17?,19-,21-/m1/s1. The summed E-state index contributed by atoms with van der Waals surface area (Å²) in [6, 6.07) is 7.69. The first kappa shape index (κ1) is 21.9. The van der Waals surface area contributed by atoms with E-state index in [2.05, 4.69) is 0 Å². The molecule has 0 aliphatic carbocycles. The fraction of sp³-hybridized carbons (Fsp3) is 0.286. The van der Waals surface area contributed by atoms with Crippen LogP contribution in [0.15, 0.2) is 45.6 Å². The summed E-state index contributed by atoms with van der Waals surface area (Å²) >= 11 is 0. The molecule has 32 heavy (non-hydrogen) atoms. The lowest BCUT2D eigenvalue weighted by atomic mass is 9.99. The maximum absolute atomic E-state index is 12.6. The van der Waals surface area contributed by atoms with E-state index in [0.29, 0.717) is 0 Å². The van der Waals surface area contributed by atoms with Crippen molar-refractivity contribution in [2.24, 2.45) is 0 Å². The van der Waals surface area contributed by atoms with Crippen LogP contribution >= 0.6 is 0 Å². The summed E-state index contributed by atoms with van der Waals surface area (Å²) in [6.45, 7) is -0.655. The molecule has 1 aliphatic heterocycles. The molecule has 0 radical (unpaired) electrons. The van der Waals surface area contributed by atoms with E-state index in [4.69, 9.17) is 13.9 Å². The van der Waals surface area contributed by atoms with Crippen LogP contribution in [0.1, 0.15) is 0 Å². The monoisotopic (exact) mass is 448 g/mol. The van der Waals surface area contributed by atoms with Gasteiger partial charge >= 0.3 is 0 Å². The lowest BCUT2D eigenvalue weighted by Gasteiger charge is -2.39. The van der Waals surface area contributed by atoms with Crippen molar-refractivity contribution < 1.29 is 49.6 Å². The van der Waals surface area contributed by atoms with Gasteiger partial charge in [0.05, 0.1) is 6.61 Å². The van der Waals surface area contributed by atoms with Crippen LogP contribution in [-0.4, -0.2) is 73.1 Å². The third-order valence-electron chi connectivity index (χ3n) is 5.15. The molecule has 0 spiro atoms. The van der Waals surface area contributed by atoms with Crippen molar-refractivity contribution in [3.63, 3.8) is 0 Å². The van der Waals surface area contributed by atoms with Gasteiger partial charge in [0.25, 0.3) is 0 Å². The molecule has 4 rings (SSSR count). The fourth-order valence-electron chi connectivity index (χ4n) is 3.44. The lowest BCUT2D eigenvalue weighted by molar-refractivity contribution is -0.277. The molecule has 2 heterocycles. The highest BCUT2D eigenvalue weighted by atomic mass is 16.7. The second-order valence-electron chi connectivity index (χ2n) is 7.29. The van der Waals surface area contributed by atoms with Crippen molar-refractivity contribution in [2.75, 3.05) is 6.61 Å². The van der Waals surface area contributed by atoms with E-state index >= 15 is 0 Å². The number of hydrogen-bond acceptors (Lipinski definition) is 11. The molecular weight excluding hydrogens is 428 g/mol. The quantitative estimate of drug-likeness (QED) is 0.279. The van der Waals surface area contributed by atoms with Crippen LogP contribution in [0.2, 0.25) is 0 Å². The van der Waals surface area contributed by atoms with Crippen molar-refractivity contribution in [2.45, 2.75) is 30.7 Å². The molecule has 3 aromatic rings. The summed E-state index contributed by atoms with van der Waals surface area (Å²) < 4.78 is 16.3. The van der Waals surface area contributed by atoms with Gasteiger partial charge in [-0.3, -0.25) is 4.79 Å². The predicted octanol–water partition coefficient (Wildman–Crippen LogP) is -0.245. The predicted molar refractivity (Wildman–Crippen MR) is 107 cm³/mol. The Hall–Kier alpha value is -3.35. The van der Waals surface area contributed by atoms with Crippen LogP contribution in [0.3, 0.4) is 0 Å². The molecule has 1 unspecified atom stereocenters. The van der Waals surface area contributed by atoms with E-state index in [-0.39, 0.29) is 33.8 Å². The minimum absolute atomic E-state index is 0.0377. The van der Waals surface area contributed by atoms with Crippen LogP contribution in [-0.2, 0) is 4.74 Å². The SMILES string of the molecule is O=c1c(O)c(-c2ccc(O)cc2)oc2cc(O[C@@H]3O[C@H](CO)[C@@H](O)C(O)[C@H]3O)cc(O)c12. The topological polar surface area (TPSA) is 190 Å². The summed E-state index contributed by atoms with van der Waals surface area (Å²) in [5.74, 6) is -1.73. The molecule has 1 fully saturated rings. The number of aliphatic hydroxyl groups excluding tert-OH is 4. The second-order valence-corrected chi connectivity index (χ2v) is 7.29. The van der Waals surface area contributed by atoms with Crippen molar-refractivity contribution in [3.05, 3.63) is 46.6 Å². The summed E-state index contributed by atoms with van der Waals surface area (Å²) in [5.41, 5.74) is -0.805. The molecule has 0 saturated carbocycles. The van der Waals surface area contributed by atoms with Gasteiger partial charge in [-0.15, -0.1) is 0 Å². The Morgan fingerprint density at radius 3 is 2.28 bits per heavy atom. The van der Waals surface area contributed by atoms with E-state index in [1.165, 1.54) is 30.3 Å². The minimum atomic E-state index is -1.69. The van der Waals surface area contributed by atoms with E-state index in [1.807, 2.05) is 0 Å². The number of phenols is 2. The van der Waals surface area contributed by atoms with Gasteiger partial charge in [-0.1, -0.05) is 0 Å². The smallest absolute Gasteiger partial charge is 0.238 e. The number of hydrogen-bond donors (Lipinski definition) is 7. The number of aliphatic hydroxyl groups is 4. The molecule has 1 aliphatic rings. The zero-order chi connectivity index (χ0) is 23.2. The van der Waals surface area contributed by atoms with Crippen LogP contribution < -0.4 is 10.2 Å². The van der Waals surface area contributed by atoms with E-state index in [9.17, 15) is 40.5 Å². The van der Waals surface area contributed by atoms with Crippen molar-refractivity contribution in [3.8, 4) is 34.3 Å². The molecule has 1 saturated heterocycles. The maximum atomic E-state index is 12.6. The van der Waals surface area contributed by atoms with Gasteiger partial charge in [0, 0.05) is 17.7 Å². The van der Waals surface area contributed by atoms with Gasteiger partial charge in [0.15, 0.2) is 5.76 Å². The van der Waals surface area contributed by atoms with Gasteiger partial charge in [-0.25, -0.2) is 0 Å². The number of benzene rings is 2. The highest BCUT2D eigenvalue weighted by Gasteiger charge is 2.44. The molecule has 5 atom stereocenters. The largest absolute Gasteiger partial charge is 0.508 e. The lowest BCUT2D eigenvalue weighted by Crippen LogP contribution is -2.60. The Morgan fingerprint density at radius 1 is 0.938 bits per heavy atom. The Bertz CT molecular complexity index is 1190. The average Bonchev–Trinajstić information content (AvgIpc) is 2.77. The first-order chi connectivity index (χ1) is 15.2. The van der Waals surface area contributed by atoms with Crippen LogP contribution in [0, 0.1) is 0 Å². The molecule has 7 N–H and O–H groups in total. The third-order valence-corrected chi connectivity index (χ3v) is 5.15. The first-order valence-electron chi connectivity index (χ1n) is 9.50. The molecule has 11 heteroatoms. The summed E-state index contributed by atoms with van der Waals surface area (Å²) in [4.78, 5) is 12.6. The number of fused-ring (bicyclic) bond motifs is 1. The molecule has 170 valence electrons. The minimum Gasteiger partial charge on any atom is -0.508 e. The van der Waals surface area contributed by atoms with Crippen molar-refractivity contribution in [1.29, 1.82) is 0 Å². The Labute approximate surface area is 179 Å². The summed E-state index contributed by atoms with van der Waals surface area (Å²) in [6.07, 6.45) is -7.67. The highest BCUT2D eigenvalue weighted by molar-refractivity contribution is 5.88. The highest BCUT2D eigenvalue weighted by Crippen LogP contribution is 2.36. The van der Waals surface area contributed by atoms with Crippen LogP contribution in [0.25, 0.3) is 22.3 Å². The number of phenolic OH excluding ortho intramolecular Hbond substituents is 2. The van der Waals surface area contributed by atoms with Gasteiger partial charge < -0.3 is 49.6 Å². The van der Waals surface area contributed by atoms with E-state index < -0.39 is 54.2 Å². The molecule has 0 amide bonds.